The number of carbonyl (C=O) groups is 2. The van der Waals surface area contributed by atoms with E-state index in [1.807, 2.05) is 17.0 Å². The number of piperidine rings is 1. The molecule has 2 fully saturated rings. The van der Waals surface area contributed by atoms with Crippen LogP contribution in [-0.4, -0.2) is 64.7 Å². The number of methoxy groups -OCH3 is 1. The van der Waals surface area contributed by atoms with Crippen LogP contribution in [0.1, 0.15) is 44.2 Å². The van der Waals surface area contributed by atoms with Gasteiger partial charge >= 0.3 is 5.97 Å². The number of amides is 1. The lowest BCUT2D eigenvalue weighted by Crippen LogP contribution is -2.57. The summed E-state index contributed by atoms with van der Waals surface area (Å²) >= 11 is 0. The predicted molar refractivity (Wildman–Crippen MR) is 119 cm³/mol. The van der Waals surface area contributed by atoms with Crippen molar-refractivity contribution in [1.82, 2.24) is 9.80 Å². The fraction of sp³-hybridized carbons (Fsp3) is 0.520. The minimum Gasteiger partial charge on any atom is -0.469 e. The Morgan fingerprint density at radius 1 is 1.32 bits per heavy atom. The van der Waals surface area contributed by atoms with E-state index in [2.05, 4.69) is 35.5 Å². The van der Waals surface area contributed by atoms with Crippen molar-refractivity contribution in [3.8, 4) is 11.8 Å². The molecular formula is C25H32N2O4. The highest BCUT2D eigenvalue weighted by Crippen LogP contribution is 2.44. The van der Waals surface area contributed by atoms with E-state index in [4.69, 9.17) is 4.74 Å². The van der Waals surface area contributed by atoms with Gasteiger partial charge in [-0.1, -0.05) is 30.0 Å². The van der Waals surface area contributed by atoms with Crippen LogP contribution in [0.3, 0.4) is 0 Å². The number of nitrogens with zero attached hydrogens (tertiary/aromatic N) is 2. The second kappa shape index (κ2) is 9.25. The summed E-state index contributed by atoms with van der Waals surface area (Å²) < 4.78 is 5.03. The molecule has 0 saturated carbocycles. The Kier molecular flexibility index (Phi) is 6.88. The van der Waals surface area contributed by atoms with Gasteiger partial charge in [0.05, 0.1) is 18.6 Å². The highest BCUT2D eigenvalue weighted by atomic mass is 16.5. The van der Waals surface area contributed by atoms with Gasteiger partial charge in [0.2, 0.25) is 5.91 Å². The van der Waals surface area contributed by atoms with Crippen molar-refractivity contribution < 1.29 is 19.4 Å². The molecule has 2 aliphatic rings. The monoisotopic (exact) mass is 424 g/mol. The molecule has 0 aromatic heterocycles. The topological polar surface area (TPSA) is 70.1 Å². The van der Waals surface area contributed by atoms with Gasteiger partial charge in [-0.25, -0.2) is 0 Å². The van der Waals surface area contributed by atoms with Gasteiger partial charge in [-0.3, -0.25) is 14.5 Å². The number of hydrogen-bond donors (Lipinski definition) is 1. The van der Waals surface area contributed by atoms with E-state index in [1.54, 1.807) is 19.9 Å². The first kappa shape index (κ1) is 23.1. The summed E-state index contributed by atoms with van der Waals surface area (Å²) in [4.78, 5) is 29.2. The second-order valence-electron chi connectivity index (χ2n) is 8.96. The molecule has 1 aromatic carbocycles. The molecule has 166 valence electrons. The van der Waals surface area contributed by atoms with Crippen LogP contribution in [0, 0.1) is 17.8 Å². The highest BCUT2D eigenvalue weighted by Gasteiger charge is 2.56. The van der Waals surface area contributed by atoms with Gasteiger partial charge in [-0.15, -0.1) is 6.58 Å². The third kappa shape index (κ3) is 5.17. The molecule has 31 heavy (non-hydrogen) atoms. The first-order valence-electron chi connectivity index (χ1n) is 10.7. The maximum atomic E-state index is 12.6. The molecule has 1 spiro atoms. The molecule has 2 aliphatic heterocycles. The Bertz CT molecular complexity index is 881. The number of rotatable bonds is 5. The van der Waals surface area contributed by atoms with E-state index in [1.165, 1.54) is 12.7 Å². The minimum atomic E-state index is -1.01. The van der Waals surface area contributed by atoms with E-state index in [0.29, 0.717) is 6.54 Å². The van der Waals surface area contributed by atoms with Crippen molar-refractivity contribution in [1.29, 1.82) is 0 Å². The van der Waals surface area contributed by atoms with Crippen LogP contribution >= 0.6 is 0 Å². The Hall–Kier alpha value is -2.62. The Labute approximate surface area is 184 Å². The van der Waals surface area contributed by atoms with Crippen molar-refractivity contribution in [2.75, 3.05) is 26.7 Å². The fourth-order valence-electron chi connectivity index (χ4n) is 4.66. The van der Waals surface area contributed by atoms with Crippen molar-refractivity contribution in [3.05, 3.63) is 48.0 Å². The van der Waals surface area contributed by atoms with Crippen LogP contribution in [-0.2, 0) is 20.9 Å². The maximum Gasteiger partial charge on any atom is 0.311 e. The third-order valence-electron chi connectivity index (χ3n) is 6.26. The maximum absolute atomic E-state index is 12.6. The number of ether oxygens (including phenoxy) is 1. The number of likely N-dealkylation sites (tertiary alicyclic amines) is 2. The van der Waals surface area contributed by atoms with Gasteiger partial charge in [-0.05, 0) is 44.4 Å². The van der Waals surface area contributed by atoms with Crippen LogP contribution in [0.4, 0.5) is 0 Å². The quantitative estimate of drug-likeness (QED) is 0.446. The Morgan fingerprint density at radius 3 is 2.52 bits per heavy atom. The molecule has 0 aliphatic carbocycles. The molecule has 6 heteroatoms. The Morgan fingerprint density at radius 2 is 1.97 bits per heavy atom. The standard InChI is InChI=1S/C25H32N2O4/c1-5-14-27-22(28)17-21(23(29)31-4)25(27)12-15-26(16-13-25)18-20-8-6-19(7-9-20)10-11-24(2,3)30/h5-9,21,30H,1,12-18H2,2-4H3. The average molecular weight is 425 g/mol. The van der Waals surface area contributed by atoms with Crippen molar-refractivity contribution in [2.45, 2.75) is 50.8 Å². The van der Waals surface area contributed by atoms with E-state index in [9.17, 15) is 14.7 Å². The molecule has 2 saturated heterocycles. The molecule has 1 N–H and O–H groups in total. The smallest absolute Gasteiger partial charge is 0.311 e. The van der Waals surface area contributed by atoms with Crippen LogP contribution in [0.5, 0.6) is 0 Å². The molecule has 1 aromatic rings. The lowest BCUT2D eigenvalue weighted by molar-refractivity contribution is -0.150. The molecule has 0 radical (unpaired) electrons. The lowest BCUT2D eigenvalue weighted by Gasteiger charge is -2.46. The summed E-state index contributed by atoms with van der Waals surface area (Å²) in [6.45, 7) is 9.97. The number of aliphatic hydroxyl groups is 1. The highest BCUT2D eigenvalue weighted by molar-refractivity contribution is 5.89. The summed E-state index contributed by atoms with van der Waals surface area (Å²) in [6, 6.07) is 8.04. The molecule has 2 heterocycles. The van der Waals surface area contributed by atoms with Crippen LogP contribution in [0.25, 0.3) is 0 Å². The van der Waals surface area contributed by atoms with E-state index in [0.717, 1.165) is 38.0 Å². The van der Waals surface area contributed by atoms with E-state index < -0.39 is 17.1 Å². The number of benzene rings is 1. The first-order chi connectivity index (χ1) is 14.7. The largest absolute Gasteiger partial charge is 0.469 e. The molecule has 1 amide bonds. The zero-order valence-electron chi connectivity index (χ0n) is 18.7. The molecular weight excluding hydrogens is 392 g/mol. The zero-order chi connectivity index (χ0) is 22.6. The lowest BCUT2D eigenvalue weighted by atomic mass is 9.76. The summed E-state index contributed by atoms with van der Waals surface area (Å²) in [5, 5.41) is 9.74. The van der Waals surface area contributed by atoms with Gasteiger partial charge < -0.3 is 14.7 Å². The van der Waals surface area contributed by atoms with Gasteiger partial charge in [-0.2, -0.15) is 0 Å². The normalized spacial score (nSPS) is 21.0. The molecule has 0 bridgehead atoms. The molecule has 1 unspecified atom stereocenters. The molecule has 1 atom stereocenters. The third-order valence-corrected chi connectivity index (χ3v) is 6.26. The molecule has 6 nitrogen and oxygen atoms in total. The van der Waals surface area contributed by atoms with Gasteiger partial charge in [0, 0.05) is 38.2 Å². The number of carbonyl (C=O) groups excluding carboxylic acids is 2. The summed E-state index contributed by atoms with van der Waals surface area (Å²) in [7, 11) is 1.39. The number of hydrogen-bond acceptors (Lipinski definition) is 5. The van der Waals surface area contributed by atoms with E-state index in [-0.39, 0.29) is 18.3 Å². The summed E-state index contributed by atoms with van der Waals surface area (Å²) in [5.74, 6) is 5.10. The van der Waals surface area contributed by atoms with E-state index >= 15 is 0 Å². The van der Waals surface area contributed by atoms with Gasteiger partial charge in [0.15, 0.2) is 0 Å². The fourth-order valence-corrected chi connectivity index (χ4v) is 4.66. The summed E-state index contributed by atoms with van der Waals surface area (Å²) in [6.07, 6.45) is 3.42. The Balaban J connectivity index is 1.67. The van der Waals surface area contributed by atoms with Crippen molar-refractivity contribution in [2.24, 2.45) is 5.92 Å². The van der Waals surface area contributed by atoms with Gasteiger partial charge in [0.1, 0.15) is 5.60 Å². The number of esters is 1. The van der Waals surface area contributed by atoms with Crippen molar-refractivity contribution in [3.63, 3.8) is 0 Å². The van der Waals surface area contributed by atoms with Gasteiger partial charge in [0.25, 0.3) is 0 Å². The van der Waals surface area contributed by atoms with Crippen LogP contribution < -0.4 is 0 Å². The average Bonchev–Trinajstić information content (AvgIpc) is 3.00. The van der Waals surface area contributed by atoms with Crippen LogP contribution in [0.2, 0.25) is 0 Å². The first-order valence-corrected chi connectivity index (χ1v) is 10.7. The summed E-state index contributed by atoms with van der Waals surface area (Å²) in [5.41, 5.74) is 0.561. The predicted octanol–water partition coefficient (Wildman–Crippen LogP) is 2.35. The minimum absolute atomic E-state index is 0.00602. The zero-order valence-corrected chi connectivity index (χ0v) is 18.7. The van der Waals surface area contributed by atoms with Crippen LogP contribution in [0.15, 0.2) is 36.9 Å². The molecule has 3 rings (SSSR count). The SMILES string of the molecule is C=CCN1C(=O)CC(C(=O)OC)C12CCN(Cc1ccc(C#CC(C)(C)O)cc1)CC2. The van der Waals surface area contributed by atoms with Crippen molar-refractivity contribution >= 4 is 11.9 Å². The second-order valence-corrected chi connectivity index (χ2v) is 8.96.